The minimum Gasteiger partial charge on any atom is -0.444 e. The Morgan fingerprint density at radius 2 is 1.81 bits per heavy atom. The third kappa shape index (κ3) is 6.84. The van der Waals surface area contributed by atoms with E-state index in [9.17, 15) is 4.79 Å². The highest BCUT2D eigenvalue weighted by Crippen LogP contribution is 2.21. The molecule has 2 aromatic heterocycles. The number of hydrogen-bond acceptors (Lipinski definition) is 8. The number of ether oxygens (including phenoxy) is 1. The number of nitrogens with one attached hydrogen (secondary N) is 3. The Balaban J connectivity index is 1.66. The number of rotatable bonds is 6. The van der Waals surface area contributed by atoms with E-state index >= 15 is 0 Å². The maximum atomic E-state index is 12.0. The van der Waals surface area contributed by atoms with Crippen LogP contribution < -0.4 is 20.9 Å². The molecule has 9 heteroatoms. The first-order valence-electron chi connectivity index (χ1n) is 9.70. The predicted octanol–water partition coefficient (Wildman–Crippen LogP) is 4.57. The van der Waals surface area contributed by atoms with Gasteiger partial charge in [0.15, 0.2) is 0 Å². The average Bonchev–Trinajstić information content (AvgIpc) is 2.67. The highest BCUT2D eigenvalue weighted by molar-refractivity contribution is 5.85. The maximum Gasteiger partial charge on any atom is 0.412 e. The van der Waals surface area contributed by atoms with Crippen LogP contribution in [0.2, 0.25) is 0 Å². The molecule has 161 valence electrons. The molecule has 0 bridgehead atoms. The lowest BCUT2D eigenvalue weighted by Gasteiger charge is -2.19. The van der Waals surface area contributed by atoms with Crippen LogP contribution in [0.5, 0.6) is 0 Å². The van der Waals surface area contributed by atoms with Gasteiger partial charge in [-0.15, -0.1) is 0 Å². The van der Waals surface area contributed by atoms with Gasteiger partial charge in [-0.25, -0.2) is 14.8 Å². The van der Waals surface area contributed by atoms with Gasteiger partial charge in [-0.2, -0.15) is 4.98 Å². The highest BCUT2D eigenvalue weighted by Gasteiger charge is 2.16. The molecule has 0 saturated carbocycles. The summed E-state index contributed by atoms with van der Waals surface area (Å²) in [5.74, 6) is 1.74. The van der Waals surface area contributed by atoms with Crippen molar-refractivity contribution in [2.45, 2.75) is 26.4 Å². The third-order valence-corrected chi connectivity index (χ3v) is 3.84. The standard InChI is InChI=1S/C22H26N7O2/c1-22(2,3)31-21(30)27-16-8-6-7-15(13-16)25-18-11-12-23-20(28-18)26-17-9-10-19(24-14-17)29(4)5/h6-10,12-14H,1-5H3,(H,27,30)(H2,23,25,26,28). The van der Waals surface area contributed by atoms with Crippen LogP contribution in [0.25, 0.3) is 0 Å². The van der Waals surface area contributed by atoms with Crippen LogP contribution in [0, 0.1) is 6.07 Å². The van der Waals surface area contributed by atoms with Crippen molar-refractivity contribution in [3.63, 3.8) is 0 Å². The molecule has 0 atom stereocenters. The summed E-state index contributed by atoms with van der Waals surface area (Å²) in [6.07, 6.45) is 2.73. The van der Waals surface area contributed by atoms with Crippen LogP contribution in [0.3, 0.4) is 0 Å². The zero-order valence-electron chi connectivity index (χ0n) is 18.2. The van der Waals surface area contributed by atoms with Crippen LogP contribution in [-0.4, -0.2) is 40.7 Å². The minimum atomic E-state index is -0.568. The summed E-state index contributed by atoms with van der Waals surface area (Å²) in [4.78, 5) is 26.9. The summed E-state index contributed by atoms with van der Waals surface area (Å²) >= 11 is 0. The maximum absolute atomic E-state index is 12.0. The lowest BCUT2D eigenvalue weighted by molar-refractivity contribution is 0.0636. The van der Waals surface area contributed by atoms with Crippen molar-refractivity contribution in [3.05, 3.63) is 54.9 Å². The van der Waals surface area contributed by atoms with Gasteiger partial charge in [-0.3, -0.25) is 5.32 Å². The van der Waals surface area contributed by atoms with Crippen LogP contribution in [0.15, 0.2) is 48.8 Å². The largest absolute Gasteiger partial charge is 0.444 e. The molecular formula is C22H26N7O2. The molecule has 1 amide bonds. The van der Waals surface area contributed by atoms with Gasteiger partial charge in [-0.1, -0.05) is 6.07 Å². The third-order valence-electron chi connectivity index (χ3n) is 3.84. The van der Waals surface area contributed by atoms with Crippen molar-refractivity contribution >= 4 is 40.7 Å². The average molecular weight is 420 g/mol. The molecule has 0 fully saturated rings. The van der Waals surface area contributed by atoms with Crippen molar-refractivity contribution in [1.82, 2.24) is 15.0 Å². The summed E-state index contributed by atoms with van der Waals surface area (Å²) < 4.78 is 5.28. The smallest absolute Gasteiger partial charge is 0.412 e. The summed E-state index contributed by atoms with van der Waals surface area (Å²) in [5, 5.41) is 8.99. The minimum absolute atomic E-state index is 0.406. The number of nitrogens with zero attached hydrogens (tertiary/aromatic N) is 4. The molecule has 0 unspecified atom stereocenters. The van der Waals surface area contributed by atoms with E-state index in [1.54, 1.807) is 18.3 Å². The first-order valence-corrected chi connectivity index (χ1v) is 9.70. The van der Waals surface area contributed by atoms with Gasteiger partial charge in [0.1, 0.15) is 17.2 Å². The van der Waals surface area contributed by atoms with Crippen LogP contribution in [0.4, 0.5) is 39.4 Å². The van der Waals surface area contributed by atoms with Crippen molar-refractivity contribution in [1.29, 1.82) is 0 Å². The Hall–Kier alpha value is -3.88. The first kappa shape index (κ1) is 21.8. The molecule has 3 N–H and O–H groups in total. The highest BCUT2D eigenvalue weighted by atomic mass is 16.6. The SMILES string of the molecule is CN(C)c1ccc(Nc2nc[c]c(Nc3cccc(NC(=O)OC(C)(C)C)c3)n2)cn1. The molecule has 1 radical (unpaired) electrons. The fourth-order valence-corrected chi connectivity index (χ4v) is 2.53. The van der Waals surface area contributed by atoms with Crippen LogP contribution >= 0.6 is 0 Å². The molecule has 1 aromatic carbocycles. The number of anilines is 6. The number of carbonyl (C=O) groups excluding carboxylic acids is 1. The number of amides is 1. The van der Waals surface area contributed by atoms with Gasteiger partial charge in [0.05, 0.1) is 11.9 Å². The Morgan fingerprint density at radius 3 is 2.48 bits per heavy atom. The van der Waals surface area contributed by atoms with E-state index in [2.05, 4.69) is 37.0 Å². The first-order chi connectivity index (χ1) is 14.7. The van der Waals surface area contributed by atoms with Gasteiger partial charge >= 0.3 is 6.09 Å². The van der Waals surface area contributed by atoms with E-state index in [1.807, 2.05) is 64.0 Å². The van der Waals surface area contributed by atoms with Crippen molar-refractivity contribution in [2.75, 3.05) is 34.9 Å². The topological polar surface area (TPSA) is 104 Å². The van der Waals surface area contributed by atoms with Gasteiger partial charge < -0.3 is 20.3 Å². The second-order valence-corrected chi connectivity index (χ2v) is 7.94. The van der Waals surface area contributed by atoms with E-state index < -0.39 is 11.7 Å². The van der Waals surface area contributed by atoms with E-state index in [1.165, 1.54) is 6.20 Å². The monoisotopic (exact) mass is 420 g/mol. The molecule has 3 aromatic rings. The molecule has 0 aliphatic carbocycles. The molecule has 0 aliphatic heterocycles. The second kappa shape index (κ2) is 9.29. The molecule has 0 aliphatic rings. The van der Waals surface area contributed by atoms with Crippen molar-refractivity contribution < 1.29 is 9.53 Å². The van der Waals surface area contributed by atoms with Gasteiger partial charge in [0.25, 0.3) is 0 Å². The number of hydrogen-bond donors (Lipinski definition) is 3. The van der Waals surface area contributed by atoms with E-state index in [0.29, 0.717) is 17.5 Å². The molecule has 31 heavy (non-hydrogen) atoms. The predicted molar refractivity (Wildman–Crippen MR) is 122 cm³/mol. The van der Waals surface area contributed by atoms with Gasteiger partial charge in [0.2, 0.25) is 5.95 Å². The number of benzene rings is 1. The van der Waals surface area contributed by atoms with Gasteiger partial charge in [0, 0.05) is 37.7 Å². The number of pyridine rings is 1. The molecular weight excluding hydrogens is 394 g/mol. The molecule has 3 rings (SSSR count). The fourth-order valence-electron chi connectivity index (χ4n) is 2.53. The van der Waals surface area contributed by atoms with E-state index in [0.717, 1.165) is 17.2 Å². The zero-order valence-corrected chi connectivity index (χ0v) is 18.2. The summed E-state index contributed by atoms with van der Waals surface area (Å²) in [6.45, 7) is 5.44. The van der Waals surface area contributed by atoms with Crippen LogP contribution in [-0.2, 0) is 4.74 Å². The Labute approximate surface area is 181 Å². The molecule has 0 saturated heterocycles. The van der Waals surface area contributed by atoms with Crippen molar-refractivity contribution in [2.24, 2.45) is 0 Å². The Bertz CT molecular complexity index is 1030. The summed E-state index contributed by atoms with van der Waals surface area (Å²) in [5.41, 5.74) is 1.53. The second-order valence-electron chi connectivity index (χ2n) is 7.94. The molecule has 0 spiro atoms. The van der Waals surface area contributed by atoms with Gasteiger partial charge in [-0.05, 0) is 51.1 Å². The van der Waals surface area contributed by atoms with E-state index in [-0.39, 0.29) is 0 Å². The molecule has 2 heterocycles. The Kier molecular flexibility index (Phi) is 6.54. The lowest BCUT2D eigenvalue weighted by Crippen LogP contribution is -2.27. The summed E-state index contributed by atoms with van der Waals surface area (Å²) in [6, 6.07) is 14.0. The van der Waals surface area contributed by atoms with E-state index in [4.69, 9.17) is 4.74 Å². The normalized spacial score (nSPS) is 10.9. The van der Waals surface area contributed by atoms with Crippen LogP contribution in [0.1, 0.15) is 20.8 Å². The molecule has 9 nitrogen and oxygen atoms in total. The number of carbonyl (C=O) groups is 1. The van der Waals surface area contributed by atoms with Crippen molar-refractivity contribution in [3.8, 4) is 0 Å². The lowest BCUT2D eigenvalue weighted by atomic mass is 10.2. The Morgan fingerprint density at radius 1 is 1.03 bits per heavy atom. The zero-order chi connectivity index (χ0) is 22.4. The summed E-state index contributed by atoms with van der Waals surface area (Å²) in [7, 11) is 3.86. The quantitative estimate of drug-likeness (QED) is 0.533. The number of aromatic nitrogens is 3. The fraction of sp³-hybridized carbons (Fsp3) is 0.273.